The Morgan fingerprint density at radius 2 is 2.28 bits per heavy atom. The summed E-state index contributed by atoms with van der Waals surface area (Å²) in [6.07, 6.45) is 2.39. The summed E-state index contributed by atoms with van der Waals surface area (Å²) in [5.41, 5.74) is 7.65. The molecule has 0 aliphatic heterocycles. The lowest BCUT2D eigenvalue weighted by Crippen LogP contribution is -2.31. The van der Waals surface area contributed by atoms with E-state index >= 15 is 0 Å². The number of rotatable bonds is 8. The topological polar surface area (TPSA) is 75.2 Å². The molecule has 0 saturated carbocycles. The molecule has 0 bridgehead atoms. The monoisotopic (exact) mass is 250 g/mol. The van der Waals surface area contributed by atoms with Crippen LogP contribution in [0, 0.1) is 12.3 Å². The first-order chi connectivity index (χ1) is 8.63. The van der Waals surface area contributed by atoms with E-state index in [2.05, 4.69) is 22.9 Å². The van der Waals surface area contributed by atoms with Gasteiger partial charge in [-0.15, -0.1) is 0 Å². The van der Waals surface area contributed by atoms with Crippen molar-refractivity contribution in [1.82, 2.24) is 9.88 Å². The van der Waals surface area contributed by atoms with Gasteiger partial charge in [0.2, 0.25) is 0 Å². The Kier molecular flexibility index (Phi) is 6.32. The third kappa shape index (κ3) is 5.25. The van der Waals surface area contributed by atoms with Gasteiger partial charge in [-0.2, -0.15) is 0 Å². The highest BCUT2D eigenvalue weighted by Gasteiger charge is 2.08. The van der Waals surface area contributed by atoms with Crippen molar-refractivity contribution in [2.24, 2.45) is 5.73 Å². The third-order valence-electron chi connectivity index (χ3n) is 2.80. The van der Waals surface area contributed by atoms with Crippen LogP contribution in [0.1, 0.15) is 17.7 Å². The Hall–Kier alpha value is -1.46. The Bertz CT molecular complexity index is 381. The van der Waals surface area contributed by atoms with Crippen LogP contribution >= 0.6 is 0 Å². The van der Waals surface area contributed by atoms with Crippen LogP contribution in [-0.2, 0) is 11.3 Å². The number of aryl methyl sites for hydroxylation is 1. The fourth-order valence-electron chi connectivity index (χ4n) is 1.66. The maximum absolute atomic E-state index is 7.29. The van der Waals surface area contributed by atoms with E-state index in [4.69, 9.17) is 15.9 Å². The van der Waals surface area contributed by atoms with E-state index in [1.165, 1.54) is 5.56 Å². The minimum absolute atomic E-state index is 0.218. The number of nitrogens with one attached hydrogen (secondary N) is 1. The highest BCUT2D eigenvalue weighted by atomic mass is 16.5. The Morgan fingerprint density at radius 3 is 2.89 bits per heavy atom. The fourth-order valence-corrected chi connectivity index (χ4v) is 1.66. The minimum Gasteiger partial charge on any atom is -0.388 e. The predicted molar refractivity (Wildman–Crippen MR) is 72.7 cm³/mol. The molecule has 5 heteroatoms. The van der Waals surface area contributed by atoms with E-state index < -0.39 is 0 Å². The van der Waals surface area contributed by atoms with Crippen LogP contribution in [0.5, 0.6) is 0 Å². The molecule has 0 amide bonds. The van der Waals surface area contributed by atoms with Crippen molar-refractivity contribution in [2.45, 2.75) is 19.9 Å². The van der Waals surface area contributed by atoms with E-state index in [0.717, 1.165) is 25.3 Å². The van der Waals surface area contributed by atoms with Gasteiger partial charge in [0.05, 0.1) is 18.1 Å². The predicted octanol–water partition coefficient (Wildman–Crippen LogP) is 1.16. The van der Waals surface area contributed by atoms with E-state index in [9.17, 15) is 0 Å². The molecule has 3 N–H and O–H groups in total. The lowest BCUT2D eigenvalue weighted by molar-refractivity contribution is 0.145. The number of methoxy groups -OCH3 is 1. The molecule has 0 aliphatic rings. The molecule has 0 spiro atoms. The summed E-state index contributed by atoms with van der Waals surface area (Å²) in [7, 11) is 1.69. The van der Waals surface area contributed by atoms with E-state index in [1.807, 2.05) is 12.3 Å². The molecule has 1 rings (SSSR count). The SMILES string of the molecule is COCCN(CCC(=N)N)Cc1ncccc1C. The first-order valence-corrected chi connectivity index (χ1v) is 6.08. The molecule has 1 aromatic rings. The first-order valence-electron chi connectivity index (χ1n) is 6.08. The molecule has 1 aromatic heterocycles. The van der Waals surface area contributed by atoms with Crippen molar-refractivity contribution in [3.8, 4) is 0 Å². The molecule has 0 saturated heterocycles. The van der Waals surface area contributed by atoms with Gasteiger partial charge >= 0.3 is 0 Å². The van der Waals surface area contributed by atoms with Crippen LogP contribution in [0.3, 0.4) is 0 Å². The molecule has 0 aromatic carbocycles. The van der Waals surface area contributed by atoms with Crippen molar-refractivity contribution in [1.29, 1.82) is 5.41 Å². The lowest BCUT2D eigenvalue weighted by Gasteiger charge is -2.22. The van der Waals surface area contributed by atoms with Gasteiger partial charge in [-0.05, 0) is 18.6 Å². The summed E-state index contributed by atoms with van der Waals surface area (Å²) in [5.74, 6) is 0.218. The average Bonchev–Trinajstić information content (AvgIpc) is 2.35. The van der Waals surface area contributed by atoms with Crippen LogP contribution in [0.25, 0.3) is 0 Å². The van der Waals surface area contributed by atoms with Crippen LogP contribution < -0.4 is 5.73 Å². The maximum Gasteiger partial charge on any atom is 0.0918 e. The van der Waals surface area contributed by atoms with Gasteiger partial charge in [-0.3, -0.25) is 15.3 Å². The second kappa shape index (κ2) is 7.79. The number of amidine groups is 1. The largest absolute Gasteiger partial charge is 0.388 e. The van der Waals surface area contributed by atoms with Crippen LogP contribution in [0.4, 0.5) is 0 Å². The van der Waals surface area contributed by atoms with Crippen molar-refractivity contribution in [3.63, 3.8) is 0 Å². The molecule has 18 heavy (non-hydrogen) atoms. The minimum atomic E-state index is 0.218. The quantitative estimate of drug-likeness (QED) is 0.536. The number of nitrogens with two attached hydrogens (primary N) is 1. The summed E-state index contributed by atoms with van der Waals surface area (Å²) in [5, 5.41) is 7.29. The summed E-state index contributed by atoms with van der Waals surface area (Å²) in [4.78, 5) is 6.59. The Labute approximate surface area is 108 Å². The Morgan fingerprint density at radius 1 is 1.50 bits per heavy atom. The number of pyridine rings is 1. The number of nitrogens with zero attached hydrogens (tertiary/aromatic N) is 2. The van der Waals surface area contributed by atoms with Gasteiger partial charge < -0.3 is 10.5 Å². The second-order valence-corrected chi connectivity index (χ2v) is 4.31. The zero-order valence-corrected chi connectivity index (χ0v) is 11.1. The van der Waals surface area contributed by atoms with Crippen LogP contribution in [0.2, 0.25) is 0 Å². The van der Waals surface area contributed by atoms with Crippen molar-refractivity contribution < 1.29 is 4.74 Å². The number of ether oxygens (including phenoxy) is 1. The highest BCUT2D eigenvalue weighted by molar-refractivity contribution is 5.76. The molecule has 0 aliphatic carbocycles. The number of hydrogen-bond acceptors (Lipinski definition) is 4. The molecule has 0 unspecified atom stereocenters. The lowest BCUT2D eigenvalue weighted by atomic mass is 10.2. The molecule has 100 valence electrons. The molecule has 0 fully saturated rings. The van der Waals surface area contributed by atoms with Crippen LogP contribution in [-0.4, -0.2) is 42.5 Å². The molecular weight excluding hydrogens is 228 g/mol. The van der Waals surface area contributed by atoms with Crippen molar-refractivity contribution in [3.05, 3.63) is 29.6 Å². The van der Waals surface area contributed by atoms with Crippen molar-refractivity contribution in [2.75, 3.05) is 26.8 Å². The number of hydrogen-bond donors (Lipinski definition) is 2. The highest BCUT2D eigenvalue weighted by Crippen LogP contribution is 2.07. The van der Waals surface area contributed by atoms with E-state index in [0.29, 0.717) is 13.0 Å². The zero-order valence-electron chi connectivity index (χ0n) is 11.1. The second-order valence-electron chi connectivity index (χ2n) is 4.31. The number of aromatic nitrogens is 1. The molecular formula is C13H22N4O. The molecule has 1 heterocycles. The molecule has 5 nitrogen and oxygen atoms in total. The summed E-state index contributed by atoms with van der Waals surface area (Å²) in [6.45, 7) is 5.07. The van der Waals surface area contributed by atoms with Gasteiger partial charge in [0.25, 0.3) is 0 Å². The van der Waals surface area contributed by atoms with Gasteiger partial charge in [0.1, 0.15) is 0 Å². The Balaban J connectivity index is 2.59. The summed E-state index contributed by atoms with van der Waals surface area (Å²) >= 11 is 0. The summed E-state index contributed by atoms with van der Waals surface area (Å²) in [6, 6.07) is 4.00. The fraction of sp³-hybridized carbons (Fsp3) is 0.538. The maximum atomic E-state index is 7.29. The van der Waals surface area contributed by atoms with Crippen LogP contribution in [0.15, 0.2) is 18.3 Å². The standard InChI is InChI=1S/C13H22N4O/c1-11-4-3-6-16-12(11)10-17(8-9-18-2)7-5-13(14)15/h3-4,6H,5,7-10H2,1-2H3,(H3,14,15). The van der Waals surface area contributed by atoms with Gasteiger partial charge in [-0.1, -0.05) is 6.07 Å². The normalized spacial score (nSPS) is 10.8. The van der Waals surface area contributed by atoms with Gasteiger partial charge in [0, 0.05) is 39.4 Å². The van der Waals surface area contributed by atoms with E-state index in [-0.39, 0.29) is 5.84 Å². The smallest absolute Gasteiger partial charge is 0.0918 e. The summed E-state index contributed by atoms with van der Waals surface area (Å²) < 4.78 is 5.10. The average molecular weight is 250 g/mol. The molecule has 0 radical (unpaired) electrons. The molecule has 0 atom stereocenters. The van der Waals surface area contributed by atoms with Crippen molar-refractivity contribution >= 4 is 5.84 Å². The van der Waals surface area contributed by atoms with Gasteiger partial charge in [0.15, 0.2) is 0 Å². The first kappa shape index (κ1) is 14.6. The van der Waals surface area contributed by atoms with Gasteiger partial charge in [-0.25, -0.2) is 0 Å². The zero-order chi connectivity index (χ0) is 13.4. The third-order valence-corrected chi connectivity index (χ3v) is 2.80. The van der Waals surface area contributed by atoms with E-state index in [1.54, 1.807) is 7.11 Å².